The first-order chi connectivity index (χ1) is 5.79. The number of nitrogens with one attached hydrogen (secondary N) is 1. The molecule has 12 heavy (non-hydrogen) atoms. The summed E-state index contributed by atoms with van der Waals surface area (Å²) in [5, 5.41) is 0. The van der Waals surface area contributed by atoms with E-state index in [9.17, 15) is 0 Å². The van der Waals surface area contributed by atoms with Gasteiger partial charge in [-0.15, -0.1) is 6.58 Å². The number of pyridine rings is 1. The monoisotopic (exact) mass is 227 g/mol. The second kappa shape index (κ2) is 4.35. The van der Waals surface area contributed by atoms with Crippen molar-refractivity contribution >= 4 is 15.9 Å². The van der Waals surface area contributed by atoms with E-state index in [1.807, 2.05) is 12.1 Å². The molecule has 1 atom stereocenters. The predicted octanol–water partition coefficient (Wildman–Crippen LogP) is 1.53. The SMILES string of the molecule is C=CC(NN)c1ncccc1Br. The first kappa shape index (κ1) is 9.38. The second-order valence-corrected chi connectivity index (χ2v) is 3.10. The van der Waals surface area contributed by atoms with Crippen LogP contribution in [-0.4, -0.2) is 4.98 Å². The van der Waals surface area contributed by atoms with Crippen molar-refractivity contribution in [1.29, 1.82) is 0 Å². The Labute approximate surface area is 79.8 Å². The molecule has 64 valence electrons. The molecule has 0 aliphatic rings. The maximum absolute atomic E-state index is 5.30. The van der Waals surface area contributed by atoms with E-state index in [-0.39, 0.29) is 6.04 Å². The van der Waals surface area contributed by atoms with Crippen molar-refractivity contribution in [3.8, 4) is 0 Å². The molecule has 0 aliphatic carbocycles. The minimum atomic E-state index is -0.111. The number of hydrogen-bond donors (Lipinski definition) is 2. The van der Waals surface area contributed by atoms with Crippen LogP contribution in [-0.2, 0) is 0 Å². The summed E-state index contributed by atoms with van der Waals surface area (Å²) in [5.41, 5.74) is 3.44. The van der Waals surface area contributed by atoms with Crippen molar-refractivity contribution < 1.29 is 0 Å². The Kier molecular flexibility index (Phi) is 3.40. The van der Waals surface area contributed by atoms with Crippen LogP contribution in [0, 0.1) is 0 Å². The Morgan fingerprint density at radius 3 is 3.00 bits per heavy atom. The van der Waals surface area contributed by atoms with Gasteiger partial charge in [0.15, 0.2) is 0 Å². The molecule has 1 unspecified atom stereocenters. The fraction of sp³-hybridized carbons (Fsp3) is 0.125. The molecule has 0 radical (unpaired) electrons. The minimum absolute atomic E-state index is 0.111. The third-order valence-electron chi connectivity index (χ3n) is 1.50. The van der Waals surface area contributed by atoms with Gasteiger partial charge in [0.25, 0.3) is 0 Å². The summed E-state index contributed by atoms with van der Waals surface area (Å²) in [4.78, 5) is 4.16. The molecule has 0 fully saturated rings. The maximum atomic E-state index is 5.30. The largest absolute Gasteiger partial charge is 0.271 e. The van der Waals surface area contributed by atoms with Crippen LogP contribution in [0.4, 0.5) is 0 Å². The standard InChI is InChI=1S/C8H10BrN3/c1-2-7(12-10)8-6(9)4-3-5-11-8/h2-5,7,12H,1,10H2. The molecule has 4 heteroatoms. The minimum Gasteiger partial charge on any atom is -0.271 e. The predicted molar refractivity (Wildman–Crippen MR) is 52.2 cm³/mol. The fourth-order valence-corrected chi connectivity index (χ4v) is 1.39. The lowest BCUT2D eigenvalue weighted by atomic mass is 10.2. The van der Waals surface area contributed by atoms with Crippen LogP contribution in [0.2, 0.25) is 0 Å². The van der Waals surface area contributed by atoms with Crippen LogP contribution in [0.25, 0.3) is 0 Å². The van der Waals surface area contributed by atoms with E-state index < -0.39 is 0 Å². The average Bonchev–Trinajstić information content (AvgIpc) is 2.10. The van der Waals surface area contributed by atoms with Crippen molar-refractivity contribution in [2.24, 2.45) is 5.84 Å². The second-order valence-electron chi connectivity index (χ2n) is 2.25. The van der Waals surface area contributed by atoms with Crippen molar-refractivity contribution in [1.82, 2.24) is 10.4 Å². The van der Waals surface area contributed by atoms with Crippen LogP contribution >= 0.6 is 15.9 Å². The maximum Gasteiger partial charge on any atom is 0.0821 e. The quantitative estimate of drug-likeness (QED) is 0.468. The zero-order valence-corrected chi connectivity index (χ0v) is 8.08. The Morgan fingerprint density at radius 2 is 2.50 bits per heavy atom. The molecule has 0 aliphatic heterocycles. The van der Waals surface area contributed by atoms with Crippen molar-refractivity contribution in [3.63, 3.8) is 0 Å². The molecular weight excluding hydrogens is 218 g/mol. The lowest BCUT2D eigenvalue weighted by molar-refractivity contribution is 0.637. The molecular formula is C8H10BrN3. The molecule has 0 amide bonds. The highest BCUT2D eigenvalue weighted by Gasteiger charge is 2.08. The Hall–Kier alpha value is -0.710. The lowest BCUT2D eigenvalue weighted by Crippen LogP contribution is -2.27. The van der Waals surface area contributed by atoms with Crippen LogP contribution in [0.5, 0.6) is 0 Å². The summed E-state index contributed by atoms with van der Waals surface area (Å²) in [6.07, 6.45) is 3.42. The zero-order valence-electron chi connectivity index (χ0n) is 6.50. The normalized spacial score (nSPS) is 12.5. The zero-order chi connectivity index (χ0) is 8.97. The van der Waals surface area contributed by atoms with Crippen molar-refractivity contribution in [2.45, 2.75) is 6.04 Å². The molecule has 1 heterocycles. The molecule has 0 aromatic carbocycles. The molecule has 3 nitrogen and oxygen atoms in total. The van der Waals surface area contributed by atoms with Crippen LogP contribution < -0.4 is 11.3 Å². The molecule has 0 spiro atoms. The van der Waals surface area contributed by atoms with E-state index in [0.29, 0.717) is 0 Å². The summed E-state index contributed by atoms with van der Waals surface area (Å²) in [6, 6.07) is 3.65. The number of nitrogens with zero attached hydrogens (tertiary/aromatic N) is 1. The van der Waals surface area contributed by atoms with Gasteiger partial charge in [-0.2, -0.15) is 0 Å². The van der Waals surface area contributed by atoms with Crippen LogP contribution in [0.1, 0.15) is 11.7 Å². The summed E-state index contributed by atoms with van der Waals surface area (Å²) >= 11 is 3.37. The third-order valence-corrected chi connectivity index (χ3v) is 2.17. The molecule has 0 bridgehead atoms. The highest BCUT2D eigenvalue weighted by atomic mass is 79.9. The van der Waals surface area contributed by atoms with Crippen molar-refractivity contribution in [3.05, 3.63) is 41.2 Å². The summed E-state index contributed by atoms with van der Waals surface area (Å²) in [5.74, 6) is 5.30. The highest BCUT2D eigenvalue weighted by molar-refractivity contribution is 9.10. The van der Waals surface area contributed by atoms with E-state index >= 15 is 0 Å². The van der Waals surface area contributed by atoms with Gasteiger partial charge in [0.1, 0.15) is 0 Å². The Balaban J connectivity index is 3.00. The van der Waals surface area contributed by atoms with E-state index in [0.717, 1.165) is 10.2 Å². The molecule has 1 aromatic heterocycles. The number of nitrogens with two attached hydrogens (primary N) is 1. The Bertz CT molecular complexity index is 275. The summed E-state index contributed by atoms with van der Waals surface area (Å²) in [7, 11) is 0. The third kappa shape index (κ3) is 1.91. The first-order valence-corrected chi connectivity index (χ1v) is 4.28. The fourth-order valence-electron chi connectivity index (χ4n) is 0.885. The van der Waals surface area contributed by atoms with Crippen LogP contribution in [0.3, 0.4) is 0 Å². The average molecular weight is 228 g/mol. The van der Waals surface area contributed by atoms with E-state index in [1.165, 1.54) is 0 Å². The van der Waals surface area contributed by atoms with Gasteiger partial charge < -0.3 is 0 Å². The lowest BCUT2D eigenvalue weighted by Gasteiger charge is -2.11. The van der Waals surface area contributed by atoms with Gasteiger partial charge in [0.05, 0.1) is 11.7 Å². The van der Waals surface area contributed by atoms with Gasteiger partial charge >= 0.3 is 0 Å². The summed E-state index contributed by atoms with van der Waals surface area (Å²) in [6.45, 7) is 3.65. The highest BCUT2D eigenvalue weighted by Crippen LogP contribution is 2.20. The van der Waals surface area contributed by atoms with Gasteiger partial charge in [-0.05, 0) is 28.1 Å². The number of aromatic nitrogens is 1. The van der Waals surface area contributed by atoms with Gasteiger partial charge in [-0.3, -0.25) is 10.8 Å². The number of hydrazine groups is 1. The van der Waals surface area contributed by atoms with E-state index in [4.69, 9.17) is 5.84 Å². The Morgan fingerprint density at radius 1 is 1.75 bits per heavy atom. The topological polar surface area (TPSA) is 50.9 Å². The number of rotatable bonds is 3. The smallest absolute Gasteiger partial charge is 0.0821 e. The van der Waals surface area contributed by atoms with E-state index in [2.05, 4.69) is 32.9 Å². The van der Waals surface area contributed by atoms with Gasteiger partial charge in [0, 0.05) is 10.7 Å². The van der Waals surface area contributed by atoms with Crippen LogP contribution in [0.15, 0.2) is 35.5 Å². The van der Waals surface area contributed by atoms with Crippen molar-refractivity contribution in [2.75, 3.05) is 0 Å². The molecule has 1 rings (SSSR count). The molecule has 0 saturated heterocycles. The number of halogens is 1. The van der Waals surface area contributed by atoms with Gasteiger partial charge in [-0.1, -0.05) is 6.08 Å². The van der Waals surface area contributed by atoms with Gasteiger partial charge in [0.2, 0.25) is 0 Å². The molecule has 3 N–H and O–H groups in total. The van der Waals surface area contributed by atoms with E-state index in [1.54, 1.807) is 12.3 Å². The number of hydrogen-bond acceptors (Lipinski definition) is 3. The first-order valence-electron chi connectivity index (χ1n) is 3.48. The summed E-state index contributed by atoms with van der Waals surface area (Å²) < 4.78 is 0.924. The molecule has 0 saturated carbocycles. The molecule has 1 aromatic rings. The van der Waals surface area contributed by atoms with Gasteiger partial charge in [-0.25, -0.2) is 5.43 Å².